The molecule has 2 aromatic heterocycles. The average Bonchev–Trinajstić information content (AvgIpc) is 3.12. The normalized spacial score (nSPS) is 11.5. The first-order valence-electron chi connectivity index (χ1n) is 7.72. The van der Waals surface area contributed by atoms with E-state index in [0.29, 0.717) is 16.0 Å². The number of carbonyl (C=O) groups is 2. The van der Waals surface area contributed by atoms with Crippen molar-refractivity contribution in [2.45, 2.75) is 27.2 Å². The molecule has 0 saturated heterocycles. The first-order chi connectivity index (χ1) is 11.8. The Morgan fingerprint density at radius 2 is 1.84 bits per heavy atom. The molecule has 0 bridgehead atoms. The summed E-state index contributed by atoms with van der Waals surface area (Å²) in [4.78, 5) is 32.8. The molecule has 0 aliphatic heterocycles. The maximum Gasteiger partial charge on any atom is 0.232 e. The number of hydrogen-bond donors (Lipinski definition) is 2. The van der Waals surface area contributed by atoms with Crippen molar-refractivity contribution in [1.82, 2.24) is 9.97 Å². The van der Waals surface area contributed by atoms with Gasteiger partial charge in [0.05, 0.1) is 22.3 Å². The third-order valence-electron chi connectivity index (χ3n) is 3.34. The number of amides is 2. The van der Waals surface area contributed by atoms with Gasteiger partial charge in [-0.3, -0.25) is 9.59 Å². The molecular weight excluding hydrogens is 356 g/mol. The fourth-order valence-corrected chi connectivity index (χ4v) is 3.57. The maximum atomic E-state index is 12.2. The van der Waals surface area contributed by atoms with Gasteiger partial charge in [-0.25, -0.2) is 9.97 Å². The molecule has 0 atom stereocenters. The van der Waals surface area contributed by atoms with E-state index in [4.69, 9.17) is 0 Å². The Kier molecular flexibility index (Phi) is 4.82. The molecule has 3 rings (SSSR count). The van der Waals surface area contributed by atoms with Crippen molar-refractivity contribution in [2.75, 3.05) is 10.6 Å². The summed E-state index contributed by atoms with van der Waals surface area (Å²) in [5.74, 6) is -0.287. The molecule has 2 N–H and O–H groups in total. The molecule has 0 fully saturated rings. The number of thiazole rings is 2. The highest BCUT2D eigenvalue weighted by Crippen LogP contribution is 2.26. The number of para-hydroxylation sites is 1. The number of nitrogens with one attached hydrogen (secondary N) is 2. The Morgan fingerprint density at radius 1 is 1.08 bits per heavy atom. The zero-order valence-electron chi connectivity index (χ0n) is 14.1. The summed E-state index contributed by atoms with van der Waals surface area (Å²) in [5, 5.41) is 8.42. The number of benzene rings is 1. The summed E-state index contributed by atoms with van der Waals surface area (Å²) in [7, 11) is 0. The molecule has 130 valence electrons. The van der Waals surface area contributed by atoms with Crippen LogP contribution in [0, 0.1) is 5.41 Å². The van der Waals surface area contributed by atoms with Gasteiger partial charge in [-0.05, 0) is 12.1 Å². The van der Waals surface area contributed by atoms with E-state index in [1.54, 1.807) is 5.38 Å². The minimum atomic E-state index is -0.490. The summed E-state index contributed by atoms with van der Waals surface area (Å²) in [6.45, 7) is 5.51. The fraction of sp³-hybridized carbons (Fsp3) is 0.294. The highest BCUT2D eigenvalue weighted by molar-refractivity contribution is 7.22. The predicted octanol–water partition coefficient (Wildman–Crippen LogP) is 3.92. The molecule has 6 nitrogen and oxygen atoms in total. The lowest BCUT2D eigenvalue weighted by Crippen LogP contribution is -2.27. The standard InChI is InChI=1S/C17H18N4O2S2/c1-17(2,3)14(23)21-15-18-10(9-24-15)8-13(22)20-16-19-11-6-4-5-7-12(11)25-16/h4-7,9H,8H2,1-3H3,(H,18,21,23)(H,19,20,22). The minimum absolute atomic E-state index is 0.104. The van der Waals surface area contributed by atoms with Gasteiger partial charge in [-0.2, -0.15) is 0 Å². The predicted molar refractivity (Wildman–Crippen MR) is 102 cm³/mol. The van der Waals surface area contributed by atoms with Crippen LogP contribution in [0.15, 0.2) is 29.6 Å². The van der Waals surface area contributed by atoms with Crippen molar-refractivity contribution in [3.8, 4) is 0 Å². The Morgan fingerprint density at radius 3 is 2.56 bits per heavy atom. The van der Waals surface area contributed by atoms with Crippen molar-refractivity contribution in [1.29, 1.82) is 0 Å². The number of fused-ring (bicyclic) bond motifs is 1. The maximum absolute atomic E-state index is 12.2. The van der Waals surface area contributed by atoms with Gasteiger partial charge >= 0.3 is 0 Å². The summed E-state index contributed by atoms with van der Waals surface area (Å²) < 4.78 is 1.03. The summed E-state index contributed by atoms with van der Waals surface area (Å²) in [6, 6.07) is 7.73. The van der Waals surface area contributed by atoms with E-state index in [1.165, 1.54) is 22.7 Å². The van der Waals surface area contributed by atoms with Gasteiger partial charge in [0.25, 0.3) is 0 Å². The quantitative estimate of drug-likeness (QED) is 0.725. The molecule has 2 heterocycles. The lowest BCUT2D eigenvalue weighted by molar-refractivity contribution is -0.123. The zero-order chi connectivity index (χ0) is 18.0. The number of carbonyl (C=O) groups excluding carboxylic acids is 2. The van der Waals surface area contributed by atoms with Crippen LogP contribution >= 0.6 is 22.7 Å². The van der Waals surface area contributed by atoms with Crippen molar-refractivity contribution >= 4 is 55.0 Å². The third kappa shape index (κ3) is 4.40. The van der Waals surface area contributed by atoms with Gasteiger partial charge in [0.2, 0.25) is 11.8 Å². The highest BCUT2D eigenvalue weighted by Gasteiger charge is 2.22. The first-order valence-corrected chi connectivity index (χ1v) is 9.42. The van der Waals surface area contributed by atoms with Crippen LogP contribution in [0.1, 0.15) is 26.5 Å². The van der Waals surface area contributed by atoms with Gasteiger partial charge in [0, 0.05) is 10.8 Å². The molecule has 0 radical (unpaired) electrons. The summed E-state index contributed by atoms with van der Waals surface area (Å²) >= 11 is 2.74. The highest BCUT2D eigenvalue weighted by atomic mass is 32.1. The molecule has 0 unspecified atom stereocenters. The Bertz CT molecular complexity index is 891. The molecule has 25 heavy (non-hydrogen) atoms. The molecule has 8 heteroatoms. The topological polar surface area (TPSA) is 84.0 Å². The van der Waals surface area contributed by atoms with E-state index >= 15 is 0 Å². The molecule has 0 aliphatic rings. The SMILES string of the molecule is CC(C)(C)C(=O)Nc1nc(CC(=O)Nc2nc3ccccc3s2)cs1. The van der Waals surface area contributed by atoms with E-state index in [-0.39, 0.29) is 18.2 Å². The summed E-state index contributed by atoms with van der Waals surface area (Å²) in [6.07, 6.45) is 0.137. The lowest BCUT2D eigenvalue weighted by Gasteiger charge is -2.15. The van der Waals surface area contributed by atoms with Crippen LogP contribution in [0.5, 0.6) is 0 Å². The second-order valence-electron chi connectivity index (χ2n) is 6.56. The second kappa shape index (κ2) is 6.89. The Hall–Kier alpha value is -2.32. The van der Waals surface area contributed by atoms with E-state index in [2.05, 4.69) is 20.6 Å². The van der Waals surface area contributed by atoms with Crippen LogP contribution < -0.4 is 10.6 Å². The van der Waals surface area contributed by atoms with E-state index < -0.39 is 5.41 Å². The second-order valence-corrected chi connectivity index (χ2v) is 8.45. The number of hydrogen-bond acceptors (Lipinski definition) is 6. The van der Waals surface area contributed by atoms with Gasteiger partial charge in [-0.1, -0.05) is 44.2 Å². The van der Waals surface area contributed by atoms with Gasteiger partial charge in [-0.15, -0.1) is 11.3 Å². The van der Waals surface area contributed by atoms with Crippen LogP contribution in [0.4, 0.5) is 10.3 Å². The molecule has 0 saturated carbocycles. The first kappa shape index (κ1) is 17.5. The van der Waals surface area contributed by atoms with Gasteiger partial charge in [0.15, 0.2) is 10.3 Å². The average molecular weight is 374 g/mol. The number of nitrogens with zero attached hydrogens (tertiary/aromatic N) is 2. The minimum Gasteiger partial charge on any atom is -0.302 e. The van der Waals surface area contributed by atoms with E-state index in [1.807, 2.05) is 45.0 Å². The Balaban J connectivity index is 1.60. The molecule has 2 amide bonds. The number of rotatable bonds is 4. The van der Waals surface area contributed by atoms with Crippen molar-refractivity contribution in [3.63, 3.8) is 0 Å². The third-order valence-corrected chi connectivity index (χ3v) is 5.09. The van der Waals surface area contributed by atoms with Crippen molar-refractivity contribution < 1.29 is 9.59 Å². The Labute approximate surface area is 153 Å². The van der Waals surface area contributed by atoms with E-state index in [0.717, 1.165) is 10.2 Å². The lowest BCUT2D eigenvalue weighted by atomic mass is 9.96. The molecule has 0 aliphatic carbocycles. The van der Waals surface area contributed by atoms with Crippen molar-refractivity contribution in [2.24, 2.45) is 5.41 Å². The molecule has 1 aromatic carbocycles. The van der Waals surface area contributed by atoms with Crippen LogP contribution in [0.25, 0.3) is 10.2 Å². The van der Waals surface area contributed by atoms with Crippen LogP contribution in [-0.2, 0) is 16.0 Å². The molecule has 0 spiro atoms. The van der Waals surface area contributed by atoms with Crippen LogP contribution in [0.2, 0.25) is 0 Å². The number of anilines is 2. The monoisotopic (exact) mass is 374 g/mol. The van der Waals surface area contributed by atoms with Gasteiger partial charge < -0.3 is 10.6 Å². The summed E-state index contributed by atoms with van der Waals surface area (Å²) in [5.41, 5.74) is 0.993. The fourth-order valence-electron chi connectivity index (χ4n) is 1.98. The number of aromatic nitrogens is 2. The zero-order valence-corrected chi connectivity index (χ0v) is 15.8. The van der Waals surface area contributed by atoms with Crippen LogP contribution in [0.3, 0.4) is 0 Å². The van der Waals surface area contributed by atoms with Gasteiger partial charge in [0.1, 0.15) is 0 Å². The van der Waals surface area contributed by atoms with E-state index in [9.17, 15) is 9.59 Å². The molecule has 3 aromatic rings. The van der Waals surface area contributed by atoms with Crippen molar-refractivity contribution in [3.05, 3.63) is 35.3 Å². The van der Waals surface area contributed by atoms with Crippen LogP contribution in [-0.4, -0.2) is 21.8 Å². The molecular formula is C17H18N4O2S2. The smallest absolute Gasteiger partial charge is 0.232 e. The largest absolute Gasteiger partial charge is 0.302 e.